The van der Waals surface area contributed by atoms with E-state index in [1.165, 1.54) is 13.1 Å². The Morgan fingerprint density at radius 2 is 2.22 bits per heavy atom. The van der Waals surface area contributed by atoms with Crippen LogP contribution in [0.15, 0.2) is 29.4 Å². The van der Waals surface area contributed by atoms with Crippen LogP contribution in [0.5, 0.6) is 0 Å². The molecule has 18 heavy (non-hydrogen) atoms. The minimum absolute atomic E-state index is 0.0663. The van der Waals surface area contributed by atoms with Gasteiger partial charge >= 0.3 is 5.97 Å². The third-order valence-corrected chi connectivity index (χ3v) is 3.10. The maximum Gasteiger partial charge on any atom is 0.302 e. The molecule has 0 bridgehead atoms. The fraction of sp³-hybridized carbons (Fsp3) is 0.538. The molecule has 5 nitrogen and oxygen atoms in total. The zero-order valence-electron chi connectivity index (χ0n) is 10.5. The molecule has 1 aliphatic carbocycles. The Bertz CT molecular complexity index is 481. The van der Waals surface area contributed by atoms with Crippen molar-refractivity contribution in [1.29, 1.82) is 0 Å². The predicted molar refractivity (Wildman–Crippen MR) is 65.0 cm³/mol. The number of pyridine rings is 1. The number of rotatable bonds is 2. The van der Waals surface area contributed by atoms with Crippen molar-refractivity contribution in [2.45, 2.75) is 44.8 Å². The molecule has 1 aliphatic rings. The van der Waals surface area contributed by atoms with Gasteiger partial charge in [0, 0.05) is 13.1 Å². The summed E-state index contributed by atoms with van der Waals surface area (Å²) < 4.78 is 6.28. The Labute approximate surface area is 106 Å². The molecule has 1 heterocycles. The van der Waals surface area contributed by atoms with Crippen molar-refractivity contribution in [1.82, 2.24) is 4.73 Å². The summed E-state index contributed by atoms with van der Waals surface area (Å²) in [5, 5.41) is 9.62. The normalized spacial score (nSPS) is 24.8. The summed E-state index contributed by atoms with van der Waals surface area (Å²) >= 11 is 0. The van der Waals surface area contributed by atoms with Crippen LogP contribution in [-0.2, 0) is 9.53 Å². The summed E-state index contributed by atoms with van der Waals surface area (Å²) in [6.07, 6.45) is 5.21. The molecule has 5 heteroatoms. The average molecular weight is 250 g/mol. The molecule has 1 aromatic heterocycles. The smallest absolute Gasteiger partial charge is 0.302 e. The lowest BCUT2D eigenvalue weighted by Gasteiger charge is -2.27. The summed E-state index contributed by atoms with van der Waals surface area (Å²) in [5.41, 5.74) is 0.488. The van der Waals surface area contributed by atoms with Crippen molar-refractivity contribution in [3.05, 3.63) is 29.9 Å². The first-order valence-electron chi connectivity index (χ1n) is 6.25. The van der Waals surface area contributed by atoms with Crippen molar-refractivity contribution in [2.75, 3.05) is 0 Å². The highest BCUT2D eigenvalue weighted by Gasteiger charge is 2.27. The monoisotopic (exact) mass is 250 g/mol. The van der Waals surface area contributed by atoms with Crippen molar-refractivity contribution in [3.63, 3.8) is 0 Å². The lowest BCUT2D eigenvalue weighted by atomic mass is 9.93. The predicted octanol–water partition coefficient (Wildman–Crippen LogP) is 1.50. The van der Waals surface area contributed by atoms with E-state index in [4.69, 9.17) is 4.74 Å². The van der Waals surface area contributed by atoms with Crippen molar-refractivity contribution in [3.8, 4) is 0 Å². The van der Waals surface area contributed by atoms with Gasteiger partial charge in [-0.05, 0) is 31.4 Å². The molecule has 0 aromatic carbocycles. The summed E-state index contributed by atoms with van der Waals surface area (Å²) in [6, 6.07) is 5.21. The van der Waals surface area contributed by atoms with Crippen LogP contribution in [0.4, 0.5) is 0 Å². The van der Waals surface area contributed by atoms with Gasteiger partial charge in [-0.1, -0.05) is 12.5 Å². The highest BCUT2D eigenvalue weighted by atomic mass is 16.5. The highest BCUT2D eigenvalue weighted by Crippen LogP contribution is 2.23. The molecule has 0 aliphatic heterocycles. The van der Waals surface area contributed by atoms with Crippen LogP contribution in [0.1, 0.15) is 32.6 Å². The number of hydrogen-bond donors (Lipinski definition) is 1. The Morgan fingerprint density at radius 3 is 2.94 bits per heavy atom. The molecule has 0 spiro atoms. The molecule has 1 N–H and O–H groups in total. The third kappa shape index (κ3) is 3.12. The lowest BCUT2D eigenvalue weighted by Crippen LogP contribution is -2.35. The largest absolute Gasteiger partial charge is 0.460 e. The first kappa shape index (κ1) is 12.7. The fourth-order valence-corrected chi connectivity index (χ4v) is 2.27. The second-order valence-corrected chi connectivity index (χ2v) is 4.53. The number of ether oxygens (including phenoxy) is 1. The van der Waals surface area contributed by atoms with Gasteiger partial charge in [-0.3, -0.25) is 9.79 Å². The molecule has 2 rings (SSSR count). The molecular formula is C13H18N2O3. The van der Waals surface area contributed by atoms with Gasteiger partial charge in [0.05, 0.1) is 6.04 Å². The topological polar surface area (TPSA) is 63.8 Å². The first-order valence-corrected chi connectivity index (χ1v) is 6.25. The molecule has 1 aromatic rings. The molecule has 2 atom stereocenters. The van der Waals surface area contributed by atoms with E-state index >= 15 is 0 Å². The van der Waals surface area contributed by atoms with Crippen LogP contribution < -0.4 is 5.49 Å². The van der Waals surface area contributed by atoms with E-state index in [9.17, 15) is 10.0 Å². The van der Waals surface area contributed by atoms with Crippen LogP contribution in [0, 0.1) is 0 Å². The maximum absolute atomic E-state index is 11.1. The van der Waals surface area contributed by atoms with Gasteiger partial charge in [0.1, 0.15) is 6.10 Å². The SMILES string of the molecule is CC(=O)OC1CCCCC1N=c1ccccn1O. The van der Waals surface area contributed by atoms with Gasteiger partial charge < -0.3 is 9.94 Å². The molecule has 0 saturated heterocycles. The van der Waals surface area contributed by atoms with E-state index in [1.54, 1.807) is 12.1 Å². The summed E-state index contributed by atoms with van der Waals surface area (Å²) in [5.74, 6) is -0.271. The van der Waals surface area contributed by atoms with Crippen molar-refractivity contribution < 1.29 is 14.7 Å². The minimum Gasteiger partial charge on any atom is -0.460 e. The average Bonchev–Trinajstić information content (AvgIpc) is 2.34. The van der Waals surface area contributed by atoms with Crippen LogP contribution in [0.2, 0.25) is 0 Å². The fourth-order valence-electron chi connectivity index (χ4n) is 2.27. The number of hydrogen-bond acceptors (Lipinski definition) is 4. The number of aromatic nitrogens is 1. The Hall–Kier alpha value is -1.78. The molecule has 0 radical (unpaired) electrons. The number of nitrogens with zero attached hydrogens (tertiary/aromatic N) is 2. The number of carbonyl (C=O) groups is 1. The van der Waals surface area contributed by atoms with Gasteiger partial charge in [-0.2, -0.15) is 4.73 Å². The standard InChI is InChI=1S/C13H18N2O3/c1-10(16)18-12-7-3-2-6-11(12)14-13-8-4-5-9-15(13)17/h4-5,8-9,11-12,17H,2-3,6-7H2,1H3. The summed E-state index contributed by atoms with van der Waals surface area (Å²) in [6.45, 7) is 1.42. The second kappa shape index (κ2) is 5.71. The van der Waals surface area contributed by atoms with E-state index in [1.807, 2.05) is 6.07 Å². The molecule has 1 saturated carbocycles. The Kier molecular flexibility index (Phi) is 4.02. The number of esters is 1. The van der Waals surface area contributed by atoms with Crippen LogP contribution >= 0.6 is 0 Å². The number of carbonyl (C=O) groups excluding carboxylic acids is 1. The molecule has 2 unspecified atom stereocenters. The Balaban J connectivity index is 2.22. The lowest BCUT2D eigenvalue weighted by molar-refractivity contribution is -0.148. The van der Waals surface area contributed by atoms with E-state index in [0.717, 1.165) is 30.4 Å². The third-order valence-electron chi connectivity index (χ3n) is 3.10. The van der Waals surface area contributed by atoms with Gasteiger partial charge in [0.2, 0.25) is 0 Å². The first-order chi connectivity index (χ1) is 8.66. The van der Waals surface area contributed by atoms with Gasteiger partial charge in [0.15, 0.2) is 5.49 Å². The highest BCUT2D eigenvalue weighted by molar-refractivity contribution is 5.66. The second-order valence-electron chi connectivity index (χ2n) is 4.53. The minimum atomic E-state index is -0.271. The zero-order chi connectivity index (χ0) is 13.0. The van der Waals surface area contributed by atoms with E-state index in [-0.39, 0.29) is 18.1 Å². The molecule has 1 fully saturated rings. The van der Waals surface area contributed by atoms with Crippen LogP contribution in [-0.4, -0.2) is 28.1 Å². The van der Waals surface area contributed by atoms with E-state index in [0.29, 0.717) is 5.49 Å². The van der Waals surface area contributed by atoms with Crippen molar-refractivity contribution in [2.24, 2.45) is 4.99 Å². The van der Waals surface area contributed by atoms with Gasteiger partial charge in [-0.15, -0.1) is 0 Å². The van der Waals surface area contributed by atoms with Crippen LogP contribution in [0.3, 0.4) is 0 Å². The zero-order valence-corrected chi connectivity index (χ0v) is 10.5. The molecule has 0 amide bonds. The summed E-state index contributed by atoms with van der Waals surface area (Å²) in [7, 11) is 0. The van der Waals surface area contributed by atoms with E-state index in [2.05, 4.69) is 4.99 Å². The van der Waals surface area contributed by atoms with E-state index < -0.39 is 0 Å². The quantitative estimate of drug-likeness (QED) is 0.639. The van der Waals surface area contributed by atoms with Gasteiger partial charge in [-0.25, -0.2) is 0 Å². The summed E-state index contributed by atoms with van der Waals surface area (Å²) in [4.78, 5) is 15.5. The maximum atomic E-state index is 11.1. The molecule has 98 valence electrons. The van der Waals surface area contributed by atoms with Crippen molar-refractivity contribution >= 4 is 5.97 Å². The van der Waals surface area contributed by atoms with Gasteiger partial charge in [0.25, 0.3) is 0 Å². The Morgan fingerprint density at radius 1 is 1.44 bits per heavy atom. The van der Waals surface area contributed by atoms with Crippen LogP contribution in [0.25, 0.3) is 0 Å². The molecular weight excluding hydrogens is 232 g/mol.